The number of aromatic nitrogens is 4. The number of rotatable bonds is 7. The van der Waals surface area contributed by atoms with Crippen LogP contribution in [-0.2, 0) is 13.1 Å². The van der Waals surface area contributed by atoms with E-state index < -0.39 is 0 Å². The third-order valence-corrected chi connectivity index (χ3v) is 5.53. The molecule has 0 bridgehead atoms. The van der Waals surface area contributed by atoms with Crippen molar-refractivity contribution in [1.82, 2.24) is 29.9 Å². The van der Waals surface area contributed by atoms with Gasteiger partial charge >= 0.3 is 0 Å². The molecule has 0 amide bonds. The van der Waals surface area contributed by atoms with E-state index in [9.17, 15) is 0 Å². The summed E-state index contributed by atoms with van der Waals surface area (Å²) in [5, 5.41) is 5.40. The summed E-state index contributed by atoms with van der Waals surface area (Å²) in [5.74, 6) is 1.40. The van der Waals surface area contributed by atoms with Crippen molar-refractivity contribution in [2.45, 2.75) is 50.7 Å². The summed E-state index contributed by atoms with van der Waals surface area (Å²) < 4.78 is 5.03. The van der Waals surface area contributed by atoms with E-state index in [1.165, 1.54) is 5.56 Å². The van der Waals surface area contributed by atoms with Crippen molar-refractivity contribution < 1.29 is 4.52 Å². The van der Waals surface area contributed by atoms with Crippen LogP contribution in [-0.4, -0.2) is 61.3 Å². The molecule has 0 aliphatic carbocycles. The Kier molecular flexibility index (Phi) is 6.39. The number of hydrogen-bond donors (Lipinski definition) is 0. The standard InChI is InChI=1S/C17H26N6OS/c1-4-13(2)25-17-18-9-15(10-19-17)11-22-5-7-23(8-6-22)12-16-20-14(3)24-21-16/h9-10,13H,4-8,11-12H2,1-3H3. The van der Waals surface area contributed by atoms with E-state index in [0.29, 0.717) is 11.1 Å². The molecule has 1 saturated heterocycles. The second-order valence-electron chi connectivity index (χ2n) is 6.49. The summed E-state index contributed by atoms with van der Waals surface area (Å²) in [6.07, 6.45) is 5.06. The highest BCUT2D eigenvalue weighted by Gasteiger charge is 2.19. The highest BCUT2D eigenvalue weighted by Crippen LogP contribution is 2.21. The molecule has 0 aromatic carbocycles. The van der Waals surface area contributed by atoms with Crippen LogP contribution >= 0.6 is 11.8 Å². The fourth-order valence-electron chi connectivity index (χ4n) is 2.72. The summed E-state index contributed by atoms with van der Waals surface area (Å²) in [6, 6.07) is 0. The molecule has 7 nitrogen and oxygen atoms in total. The fraction of sp³-hybridized carbons (Fsp3) is 0.647. The molecule has 0 saturated carbocycles. The first-order chi connectivity index (χ1) is 12.1. The van der Waals surface area contributed by atoms with Gasteiger partial charge in [0.1, 0.15) is 0 Å². The predicted molar refractivity (Wildman–Crippen MR) is 97.2 cm³/mol. The third kappa shape index (κ3) is 5.49. The molecule has 1 aliphatic heterocycles. The van der Waals surface area contributed by atoms with Crippen LogP contribution in [0.5, 0.6) is 0 Å². The fourth-order valence-corrected chi connectivity index (χ4v) is 3.47. The van der Waals surface area contributed by atoms with Gasteiger partial charge in [-0.2, -0.15) is 4.98 Å². The van der Waals surface area contributed by atoms with Crippen LogP contribution in [0.1, 0.15) is 37.5 Å². The van der Waals surface area contributed by atoms with Gasteiger partial charge in [0.15, 0.2) is 11.0 Å². The highest BCUT2D eigenvalue weighted by molar-refractivity contribution is 7.99. The summed E-state index contributed by atoms with van der Waals surface area (Å²) in [4.78, 5) is 18.1. The number of piperazine rings is 1. The Bertz CT molecular complexity index is 653. The first-order valence-corrected chi connectivity index (χ1v) is 9.72. The second-order valence-corrected chi connectivity index (χ2v) is 7.90. The van der Waals surface area contributed by atoms with Crippen LogP contribution in [0.2, 0.25) is 0 Å². The van der Waals surface area contributed by atoms with Crippen molar-refractivity contribution >= 4 is 11.8 Å². The average Bonchev–Trinajstić information content (AvgIpc) is 3.03. The van der Waals surface area contributed by atoms with Gasteiger partial charge in [0.05, 0.1) is 6.54 Å². The van der Waals surface area contributed by atoms with Crippen molar-refractivity contribution in [1.29, 1.82) is 0 Å². The monoisotopic (exact) mass is 362 g/mol. The molecule has 1 aliphatic rings. The molecule has 25 heavy (non-hydrogen) atoms. The van der Waals surface area contributed by atoms with Gasteiger partial charge in [-0.25, -0.2) is 9.97 Å². The van der Waals surface area contributed by atoms with E-state index in [2.05, 4.69) is 43.8 Å². The zero-order chi connectivity index (χ0) is 17.6. The average molecular weight is 363 g/mol. The lowest BCUT2D eigenvalue weighted by atomic mass is 10.2. The Labute approximate surface area is 153 Å². The van der Waals surface area contributed by atoms with Crippen molar-refractivity contribution in [3.8, 4) is 0 Å². The molecule has 0 N–H and O–H groups in total. The van der Waals surface area contributed by atoms with E-state index in [1.807, 2.05) is 19.3 Å². The van der Waals surface area contributed by atoms with Crippen molar-refractivity contribution in [2.24, 2.45) is 0 Å². The Morgan fingerprint density at radius 2 is 1.76 bits per heavy atom. The normalized spacial score (nSPS) is 17.7. The molecule has 8 heteroatoms. The van der Waals surface area contributed by atoms with Gasteiger partial charge < -0.3 is 4.52 Å². The Morgan fingerprint density at radius 1 is 1.12 bits per heavy atom. The largest absolute Gasteiger partial charge is 0.340 e. The van der Waals surface area contributed by atoms with Gasteiger partial charge in [-0.05, 0) is 6.42 Å². The van der Waals surface area contributed by atoms with E-state index in [1.54, 1.807) is 11.8 Å². The number of thioether (sulfide) groups is 1. The molecule has 3 rings (SSSR count). The second kappa shape index (κ2) is 8.73. The quantitative estimate of drug-likeness (QED) is 0.549. The SMILES string of the molecule is CCC(C)Sc1ncc(CN2CCN(Cc3noc(C)n3)CC2)cn1. The lowest BCUT2D eigenvalue weighted by Gasteiger charge is -2.33. The highest BCUT2D eigenvalue weighted by atomic mass is 32.2. The van der Waals surface area contributed by atoms with Gasteiger partial charge in [0.25, 0.3) is 0 Å². The first-order valence-electron chi connectivity index (χ1n) is 8.84. The maximum atomic E-state index is 5.03. The minimum Gasteiger partial charge on any atom is -0.340 e. The number of hydrogen-bond acceptors (Lipinski definition) is 8. The molecule has 2 aromatic heterocycles. The van der Waals surface area contributed by atoms with E-state index in [0.717, 1.165) is 56.7 Å². The summed E-state index contributed by atoms with van der Waals surface area (Å²) >= 11 is 1.74. The molecule has 0 radical (unpaired) electrons. The Morgan fingerprint density at radius 3 is 2.32 bits per heavy atom. The van der Waals surface area contributed by atoms with Gasteiger partial charge in [-0.1, -0.05) is 30.8 Å². The topological polar surface area (TPSA) is 71.2 Å². The molecular formula is C17H26N6OS. The molecule has 1 atom stereocenters. The smallest absolute Gasteiger partial charge is 0.223 e. The summed E-state index contributed by atoms with van der Waals surface area (Å²) in [7, 11) is 0. The molecule has 1 unspecified atom stereocenters. The molecule has 3 heterocycles. The zero-order valence-electron chi connectivity index (χ0n) is 15.2. The zero-order valence-corrected chi connectivity index (χ0v) is 16.0. The van der Waals surface area contributed by atoms with Gasteiger partial charge in [-0.15, -0.1) is 0 Å². The minimum absolute atomic E-state index is 0.557. The summed E-state index contributed by atoms with van der Waals surface area (Å²) in [5.41, 5.74) is 1.18. The van der Waals surface area contributed by atoms with Crippen LogP contribution in [0, 0.1) is 6.92 Å². The number of aryl methyl sites for hydroxylation is 1. The van der Waals surface area contributed by atoms with E-state index in [-0.39, 0.29) is 0 Å². The first kappa shape index (κ1) is 18.3. The summed E-state index contributed by atoms with van der Waals surface area (Å²) in [6.45, 7) is 12.0. The molecule has 0 spiro atoms. The van der Waals surface area contributed by atoms with Crippen LogP contribution in [0.3, 0.4) is 0 Å². The lowest BCUT2D eigenvalue weighted by molar-refractivity contribution is 0.119. The lowest BCUT2D eigenvalue weighted by Crippen LogP contribution is -2.45. The number of nitrogens with zero attached hydrogens (tertiary/aromatic N) is 6. The van der Waals surface area contributed by atoms with Gasteiger partial charge in [-0.3, -0.25) is 9.80 Å². The molecular weight excluding hydrogens is 336 g/mol. The Balaban J connectivity index is 1.44. The maximum Gasteiger partial charge on any atom is 0.223 e. The molecule has 2 aromatic rings. The van der Waals surface area contributed by atoms with Crippen molar-refractivity contribution in [3.05, 3.63) is 29.7 Å². The van der Waals surface area contributed by atoms with Crippen LogP contribution in [0.25, 0.3) is 0 Å². The van der Waals surface area contributed by atoms with Crippen LogP contribution in [0.15, 0.2) is 22.1 Å². The predicted octanol–water partition coefficient (Wildman–Crippen LogP) is 2.38. The third-order valence-electron chi connectivity index (χ3n) is 4.37. The van der Waals surface area contributed by atoms with Gasteiger partial charge in [0.2, 0.25) is 5.89 Å². The van der Waals surface area contributed by atoms with E-state index in [4.69, 9.17) is 4.52 Å². The van der Waals surface area contributed by atoms with Crippen molar-refractivity contribution in [2.75, 3.05) is 26.2 Å². The van der Waals surface area contributed by atoms with Crippen molar-refractivity contribution in [3.63, 3.8) is 0 Å². The molecule has 1 fully saturated rings. The van der Waals surface area contributed by atoms with Crippen LogP contribution in [0.4, 0.5) is 0 Å². The van der Waals surface area contributed by atoms with Gasteiger partial charge in [0, 0.05) is 62.9 Å². The van der Waals surface area contributed by atoms with E-state index >= 15 is 0 Å². The molecule has 136 valence electrons. The Hall–Kier alpha value is -1.51. The maximum absolute atomic E-state index is 5.03. The van der Waals surface area contributed by atoms with Crippen LogP contribution < -0.4 is 0 Å². The minimum atomic E-state index is 0.557.